The maximum Gasteiger partial charge on any atom is 0.350 e. The predicted octanol–water partition coefficient (Wildman–Crippen LogP) is 4.62. The minimum absolute atomic E-state index is 0.361. The normalized spacial score (nSPS) is 10.9. The van der Waals surface area contributed by atoms with Crippen LogP contribution >= 0.6 is 11.3 Å². The van der Waals surface area contributed by atoms with E-state index in [9.17, 15) is 9.59 Å². The number of esters is 1. The number of methoxy groups -OCH3 is 1. The molecule has 0 bridgehead atoms. The van der Waals surface area contributed by atoms with E-state index in [-0.39, 0.29) is 0 Å². The van der Waals surface area contributed by atoms with Crippen molar-refractivity contribution >= 4 is 34.6 Å². The molecule has 0 aliphatic carbocycles. The number of ether oxygens (including phenoxy) is 1. The Bertz CT molecular complexity index is 809. The third kappa shape index (κ3) is 4.48. The number of carbonyl (C=O) groups excluding carboxylic acids is 2. The van der Waals surface area contributed by atoms with Gasteiger partial charge < -0.3 is 15.4 Å². The number of hydrogen-bond donors (Lipinski definition) is 2. The van der Waals surface area contributed by atoms with Gasteiger partial charge in [-0.15, -0.1) is 11.3 Å². The lowest BCUT2D eigenvalue weighted by Crippen LogP contribution is -2.43. The lowest BCUT2D eigenvalue weighted by molar-refractivity contribution is 0.0607. The Balaban J connectivity index is 2.14. The van der Waals surface area contributed by atoms with E-state index in [2.05, 4.69) is 17.2 Å². The zero-order valence-electron chi connectivity index (χ0n) is 14.8. The van der Waals surface area contributed by atoms with Crippen molar-refractivity contribution in [1.82, 2.24) is 5.32 Å². The van der Waals surface area contributed by atoms with Gasteiger partial charge >= 0.3 is 12.0 Å². The molecule has 0 atom stereocenters. The number of amides is 2. The van der Waals surface area contributed by atoms with Gasteiger partial charge in [0.15, 0.2) is 0 Å². The highest BCUT2D eigenvalue weighted by atomic mass is 32.1. The minimum atomic E-state index is -0.600. The quantitative estimate of drug-likeness (QED) is 0.766. The average Bonchev–Trinajstić information content (AvgIpc) is 3.01. The van der Waals surface area contributed by atoms with Gasteiger partial charge in [-0.3, -0.25) is 0 Å². The standard InChI is InChI=1S/C19H22N2O3S/c1-12(2)13-7-6-8-14(11-13)19(3,4)21-18(23)20-15-9-10-25-16(15)17(22)24-5/h6-11H,1H2,2-5H3,(H2,20,21,23). The van der Waals surface area contributed by atoms with Crippen LogP contribution in [-0.4, -0.2) is 19.1 Å². The van der Waals surface area contributed by atoms with Crippen LogP contribution < -0.4 is 10.6 Å². The summed E-state index contributed by atoms with van der Waals surface area (Å²) in [6.45, 7) is 9.72. The molecule has 2 aromatic rings. The summed E-state index contributed by atoms with van der Waals surface area (Å²) in [6, 6.07) is 9.16. The number of thiophene rings is 1. The summed E-state index contributed by atoms with van der Waals surface area (Å²) in [5.41, 5.74) is 2.78. The number of urea groups is 1. The molecule has 0 fully saturated rings. The van der Waals surface area contributed by atoms with Crippen LogP contribution in [0.15, 0.2) is 42.3 Å². The maximum absolute atomic E-state index is 12.4. The van der Waals surface area contributed by atoms with Gasteiger partial charge in [0.1, 0.15) is 4.88 Å². The molecule has 132 valence electrons. The number of allylic oxidation sites excluding steroid dienone is 1. The molecule has 1 aromatic heterocycles. The number of benzene rings is 1. The van der Waals surface area contributed by atoms with Crippen LogP contribution in [0.5, 0.6) is 0 Å². The van der Waals surface area contributed by atoms with E-state index in [1.165, 1.54) is 18.4 Å². The van der Waals surface area contributed by atoms with E-state index in [4.69, 9.17) is 4.74 Å². The summed E-state index contributed by atoms with van der Waals surface area (Å²) in [7, 11) is 1.31. The predicted molar refractivity (Wildman–Crippen MR) is 102 cm³/mol. The zero-order valence-corrected chi connectivity index (χ0v) is 15.6. The van der Waals surface area contributed by atoms with Crippen LogP contribution in [0.4, 0.5) is 10.5 Å². The van der Waals surface area contributed by atoms with Crippen molar-refractivity contribution in [3.8, 4) is 0 Å². The third-order valence-electron chi connectivity index (χ3n) is 3.79. The second-order valence-electron chi connectivity index (χ2n) is 6.22. The first-order valence-electron chi connectivity index (χ1n) is 7.76. The van der Waals surface area contributed by atoms with E-state index in [0.29, 0.717) is 10.6 Å². The van der Waals surface area contributed by atoms with Crippen molar-refractivity contribution in [2.24, 2.45) is 0 Å². The number of hydrogen-bond acceptors (Lipinski definition) is 4. The fraction of sp³-hybridized carbons (Fsp3) is 0.263. The van der Waals surface area contributed by atoms with E-state index in [0.717, 1.165) is 16.7 Å². The fourth-order valence-electron chi connectivity index (χ4n) is 2.34. The van der Waals surface area contributed by atoms with Gasteiger partial charge in [-0.05, 0) is 49.4 Å². The Kier molecular flexibility index (Phi) is 5.64. The summed E-state index contributed by atoms with van der Waals surface area (Å²) >= 11 is 1.22. The summed E-state index contributed by atoms with van der Waals surface area (Å²) in [5, 5.41) is 7.37. The summed E-state index contributed by atoms with van der Waals surface area (Å²) in [5.74, 6) is -0.473. The molecule has 6 heteroatoms. The molecule has 0 spiro atoms. The van der Waals surface area contributed by atoms with Crippen molar-refractivity contribution in [3.05, 3.63) is 58.3 Å². The van der Waals surface area contributed by atoms with Crippen LogP contribution in [0.3, 0.4) is 0 Å². The first kappa shape index (κ1) is 18.7. The average molecular weight is 358 g/mol. The van der Waals surface area contributed by atoms with Crippen LogP contribution in [0.25, 0.3) is 5.57 Å². The zero-order chi connectivity index (χ0) is 18.6. The minimum Gasteiger partial charge on any atom is -0.465 e. The van der Waals surface area contributed by atoms with Crippen molar-refractivity contribution in [2.75, 3.05) is 12.4 Å². The van der Waals surface area contributed by atoms with Gasteiger partial charge in [0, 0.05) is 0 Å². The first-order chi connectivity index (χ1) is 11.7. The smallest absolute Gasteiger partial charge is 0.350 e. The highest BCUT2D eigenvalue weighted by Gasteiger charge is 2.24. The highest BCUT2D eigenvalue weighted by Crippen LogP contribution is 2.25. The molecular formula is C19H22N2O3S. The van der Waals surface area contributed by atoms with Gasteiger partial charge in [0.05, 0.1) is 18.3 Å². The van der Waals surface area contributed by atoms with Gasteiger partial charge in [0.2, 0.25) is 0 Å². The summed E-state index contributed by atoms with van der Waals surface area (Å²) < 4.78 is 4.71. The number of carbonyl (C=O) groups is 2. The SMILES string of the molecule is C=C(C)c1cccc(C(C)(C)NC(=O)Nc2ccsc2C(=O)OC)c1. The second kappa shape index (κ2) is 7.53. The Labute approximate surface area is 151 Å². The van der Waals surface area contributed by atoms with Crippen molar-refractivity contribution in [3.63, 3.8) is 0 Å². The van der Waals surface area contributed by atoms with E-state index >= 15 is 0 Å². The molecule has 1 aromatic carbocycles. The van der Waals surface area contributed by atoms with E-state index in [1.807, 2.05) is 45.0 Å². The lowest BCUT2D eigenvalue weighted by Gasteiger charge is -2.27. The summed E-state index contributed by atoms with van der Waals surface area (Å²) in [6.07, 6.45) is 0. The van der Waals surface area contributed by atoms with Gasteiger partial charge in [0.25, 0.3) is 0 Å². The molecule has 25 heavy (non-hydrogen) atoms. The molecule has 0 saturated carbocycles. The van der Waals surface area contributed by atoms with Crippen molar-refractivity contribution < 1.29 is 14.3 Å². The topological polar surface area (TPSA) is 67.4 Å². The maximum atomic E-state index is 12.4. The van der Waals surface area contributed by atoms with Crippen LogP contribution in [0, 0.1) is 0 Å². The number of anilines is 1. The number of nitrogens with one attached hydrogen (secondary N) is 2. The molecule has 2 N–H and O–H groups in total. The molecular weight excluding hydrogens is 336 g/mol. The van der Waals surface area contributed by atoms with Gasteiger partial charge in [-0.25, -0.2) is 9.59 Å². The molecule has 5 nitrogen and oxygen atoms in total. The highest BCUT2D eigenvalue weighted by molar-refractivity contribution is 7.12. The van der Waals surface area contributed by atoms with Gasteiger partial charge in [-0.2, -0.15) is 0 Å². The van der Waals surface area contributed by atoms with E-state index in [1.54, 1.807) is 11.4 Å². The molecule has 0 saturated heterocycles. The lowest BCUT2D eigenvalue weighted by atomic mass is 9.92. The van der Waals surface area contributed by atoms with Crippen LogP contribution in [0.2, 0.25) is 0 Å². The Morgan fingerprint density at radius 3 is 2.60 bits per heavy atom. The summed E-state index contributed by atoms with van der Waals surface area (Å²) in [4.78, 5) is 24.4. The number of rotatable bonds is 5. The molecule has 0 aliphatic heterocycles. The first-order valence-corrected chi connectivity index (χ1v) is 8.64. The molecule has 0 unspecified atom stereocenters. The molecule has 0 radical (unpaired) electrons. The second-order valence-corrected chi connectivity index (χ2v) is 7.14. The molecule has 2 amide bonds. The van der Waals surface area contributed by atoms with Crippen molar-refractivity contribution in [1.29, 1.82) is 0 Å². The van der Waals surface area contributed by atoms with Crippen LogP contribution in [0.1, 0.15) is 41.6 Å². The molecule has 1 heterocycles. The largest absolute Gasteiger partial charge is 0.465 e. The van der Waals surface area contributed by atoms with Crippen molar-refractivity contribution in [2.45, 2.75) is 26.3 Å². The Hall–Kier alpha value is -2.60. The molecule has 2 rings (SSSR count). The van der Waals surface area contributed by atoms with Crippen LogP contribution in [-0.2, 0) is 10.3 Å². The Morgan fingerprint density at radius 2 is 1.96 bits per heavy atom. The molecule has 0 aliphatic rings. The monoisotopic (exact) mass is 358 g/mol. The fourth-order valence-corrected chi connectivity index (χ4v) is 3.11. The van der Waals surface area contributed by atoms with Gasteiger partial charge in [-0.1, -0.05) is 30.4 Å². The Morgan fingerprint density at radius 1 is 1.24 bits per heavy atom. The van der Waals surface area contributed by atoms with E-state index < -0.39 is 17.5 Å². The third-order valence-corrected chi connectivity index (χ3v) is 4.68.